The average molecular weight is 244 g/mol. The monoisotopic (exact) mass is 244 g/mol. The molecule has 0 bridgehead atoms. The van der Waals surface area contributed by atoms with E-state index in [1.165, 1.54) is 4.90 Å². The van der Waals surface area contributed by atoms with E-state index in [2.05, 4.69) is 5.32 Å². The second kappa shape index (κ2) is 7.24. The van der Waals surface area contributed by atoms with Crippen LogP contribution < -0.4 is 5.32 Å². The quantitative estimate of drug-likeness (QED) is 0.626. The molecule has 1 atom stereocenters. The molecule has 0 aromatic carbocycles. The molecule has 17 heavy (non-hydrogen) atoms. The molecule has 1 fully saturated rings. The number of hydrogen-bond donors (Lipinski definition) is 2. The summed E-state index contributed by atoms with van der Waals surface area (Å²) >= 11 is 0. The van der Waals surface area contributed by atoms with Crippen molar-refractivity contribution >= 4 is 11.9 Å². The highest BCUT2D eigenvalue weighted by molar-refractivity contribution is 5.84. The molecular formula is C11H20N2O4. The number of carboxylic acids is 1. The summed E-state index contributed by atoms with van der Waals surface area (Å²) in [6, 6.07) is -0.733. The van der Waals surface area contributed by atoms with Crippen molar-refractivity contribution in [1.82, 2.24) is 10.2 Å². The number of carboxylic acid groups (broad SMARTS) is 1. The van der Waals surface area contributed by atoms with Gasteiger partial charge < -0.3 is 20.1 Å². The number of carbonyl (C=O) groups excluding carboxylic acids is 1. The molecule has 0 saturated carbocycles. The first kappa shape index (κ1) is 13.9. The number of nitrogens with one attached hydrogen (secondary N) is 1. The van der Waals surface area contributed by atoms with Gasteiger partial charge in [-0.05, 0) is 13.3 Å². The lowest BCUT2D eigenvalue weighted by Gasteiger charge is -2.33. The van der Waals surface area contributed by atoms with Crippen LogP contribution in [0.25, 0.3) is 0 Å². The molecule has 1 rings (SSSR count). The molecule has 1 aliphatic heterocycles. The second-order valence-electron chi connectivity index (χ2n) is 3.95. The largest absolute Gasteiger partial charge is 0.480 e. The summed E-state index contributed by atoms with van der Waals surface area (Å²) in [5.74, 6) is -1.05. The zero-order valence-corrected chi connectivity index (χ0v) is 10.1. The van der Waals surface area contributed by atoms with Crippen molar-refractivity contribution in [3.8, 4) is 0 Å². The third kappa shape index (κ3) is 4.32. The van der Waals surface area contributed by atoms with Gasteiger partial charge >= 0.3 is 5.97 Å². The van der Waals surface area contributed by atoms with E-state index in [0.717, 1.165) is 0 Å². The van der Waals surface area contributed by atoms with Gasteiger partial charge in [-0.3, -0.25) is 4.79 Å². The normalized spacial score (nSPS) is 20.3. The van der Waals surface area contributed by atoms with Crippen molar-refractivity contribution in [2.75, 3.05) is 32.8 Å². The van der Waals surface area contributed by atoms with Gasteiger partial charge in [0, 0.05) is 39.3 Å². The Morgan fingerprint density at radius 2 is 2.29 bits per heavy atom. The van der Waals surface area contributed by atoms with E-state index in [-0.39, 0.29) is 5.91 Å². The lowest BCUT2D eigenvalue weighted by molar-refractivity contribution is -0.151. The molecule has 0 aliphatic carbocycles. The summed E-state index contributed by atoms with van der Waals surface area (Å²) in [7, 11) is 0. The number of carbonyl (C=O) groups is 2. The van der Waals surface area contributed by atoms with Gasteiger partial charge in [0.25, 0.3) is 0 Å². The van der Waals surface area contributed by atoms with Crippen LogP contribution in [0.4, 0.5) is 0 Å². The highest BCUT2D eigenvalue weighted by Gasteiger charge is 2.31. The van der Waals surface area contributed by atoms with Crippen LogP contribution in [0.5, 0.6) is 0 Å². The molecular weight excluding hydrogens is 224 g/mol. The fourth-order valence-corrected chi connectivity index (χ4v) is 1.84. The summed E-state index contributed by atoms with van der Waals surface area (Å²) in [5.41, 5.74) is 0. The third-order valence-corrected chi connectivity index (χ3v) is 2.73. The van der Waals surface area contributed by atoms with Crippen molar-refractivity contribution in [3.05, 3.63) is 0 Å². The predicted octanol–water partition coefficient (Wildman–Crippen LogP) is -0.312. The van der Waals surface area contributed by atoms with Gasteiger partial charge in [0.1, 0.15) is 6.04 Å². The van der Waals surface area contributed by atoms with Crippen LogP contribution in [0.15, 0.2) is 0 Å². The van der Waals surface area contributed by atoms with Crippen LogP contribution in [0.3, 0.4) is 0 Å². The number of hydrogen-bond acceptors (Lipinski definition) is 4. The third-order valence-electron chi connectivity index (χ3n) is 2.73. The number of piperazine rings is 1. The van der Waals surface area contributed by atoms with Crippen molar-refractivity contribution < 1.29 is 19.4 Å². The van der Waals surface area contributed by atoms with Crippen molar-refractivity contribution in [2.45, 2.75) is 25.8 Å². The highest BCUT2D eigenvalue weighted by Crippen LogP contribution is 2.07. The lowest BCUT2D eigenvalue weighted by atomic mass is 10.1. The zero-order chi connectivity index (χ0) is 12.7. The Hall–Kier alpha value is -1.14. The number of aliphatic carboxylic acids is 1. The molecule has 1 saturated heterocycles. The number of amides is 1. The van der Waals surface area contributed by atoms with Crippen molar-refractivity contribution in [2.24, 2.45) is 0 Å². The fraction of sp³-hybridized carbons (Fsp3) is 0.818. The molecule has 0 radical (unpaired) electrons. The van der Waals surface area contributed by atoms with Gasteiger partial charge in [0.15, 0.2) is 0 Å². The van der Waals surface area contributed by atoms with Gasteiger partial charge in [0.05, 0.1) is 0 Å². The van der Waals surface area contributed by atoms with E-state index in [1.807, 2.05) is 6.92 Å². The van der Waals surface area contributed by atoms with Crippen LogP contribution in [0.2, 0.25) is 0 Å². The minimum Gasteiger partial charge on any atom is -0.480 e. The molecule has 1 unspecified atom stereocenters. The van der Waals surface area contributed by atoms with Gasteiger partial charge in [0.2, 0.25) is 5.91 Å². The van der Waals surface area contributed by atoms with Gasteiger partial charge in [-0.2, -0.15) is 0 Å². The number of ether oxygens (including phenoxy) is 1. The summed E-state index contributed by atoms with van der Waals surface area (Å²) in [6.07, 6.45) is 0.993. The standard InChI is InChI=1S/C11H20N2O4/c1-2-17-7-3-4-10(14)13-6-5-12-8-9(13)11(15)16/h9,12H,2-8H2,1H3,(H,15,16). The van der Waals surface area contributed by atoms with E-state index in [9.17, 15) is 9.59 Å². The van der Waals surface area contributed by atoms with Crippen molar-refractivity contribution in [1.29, 1.82) is 0 Å². The maximum Gasteiger partial charge on any atom is 0.327 e. The van der Waals surface area contributed by atoms with Gasteiger partial charge in [-0.15, -0.1) is 0 Å². The Morgan fingerprint density at radius 1 is 1.53 bits per heavy atom. The van der Waals surface area contributed by atoms with E-state index in [0.29, 0.717) is 45.7 Å². The maximum absolute atomic E-state index is 11.9. The van der Waals surface area contributed by atoms with Crippen LogP contribution in [-0.2, 0) is 14.3 Å². The topological polar surface area (TPSA) is 78.9 Å². The fourth-order valence-electron chi connectivity index (χ4n) is 1.84. The average Bonchev–Trinajstić information content (AvgIpc) is 2.34. The highest BCUT2D eigenvalue weighted by atomic mass is 16.5. The van der Waals surface area contributed by atoms with Gasteiger partial charge in [-0.1, -0.05) is 0 Å². The van der Waals surface area contributed by atoms with E-state index >= 15 is 0 Å². The first-order valence-corrected chi connectivity index (χ1v) is 5.97. The molecule has 0 aromatic heterocycles. The Morgan fingerprint density at radius 3 is 2.94 bits per heavy atom. The minimum absolute atomic E-state index is 0.0985. The van der Waals surface area contributed by atoms with E-state index in [1.54, 1.807) is 0 Å². The lowest BCUT2D eigenvalue weighted by Crippen LogP contribution is -2.56. The zero-order valence-electron chi connectivity index (χ0n) is 10.1. The summed E-state index contributed by atoms with van der Waals surface area (Å²) < 4.78 is 5.15. The first-order valence-electron chi connectivity index (χ1n) is 5.97. The summed E-state index contributed by atoms with van der Waals surface area (Å²) in [4.78, 5) is 24.3. The second-order valence-corrected chi connectivity index (χ2v) is 3.95. The molecule has 1 aliphatic rings. The Balaban J connectivity index is 2.39. The van der Waals surface area contributed by atoms with Crippen LogP contribution in [0.1, 0.15) is 19.8 Å². The molecule has 1 heterocycles. The molecule has 6 heteroatoms. The molecule has 2 N–H and O–H groups in total. The van der Waals surface area contributed by atoms with Crippen LogP contribution >= 0.6 is 0 Å². The molecule has 0 spiro atoms. The van der Waals surface area contributed by atoms with E-state index < -0.39 is 12.0 Å². The molecule has 1 amide bonds. The maximum atomic E-state index is 11.9. The predicted molar refractivity (Wildman–Crippen MR) is 61.7 cm³/mol. The molecule has 98 valence electrons. The molecule has 6 nitrogen and oxygen atoms in total. The number of rotatable bonds is 6. The Bertz CT molecular complexity index is 270. The van der Waals surface area contributed by atoms with Crippen LogP contribution in [-0.4, -0.2) is 60.8 Å². The first-order chi connectivity index (χ1) is 8.16. The summed E-state index contributed by atoms with van der Waals surface area (Å²) in [5, 5.41) is 12.0. The number of nitrogens with zero attached hydrogens (tertiary/aromatic N) is 1. The minimum atomic E-state index is -0.949. The SMILES string of the molecule is CCOCCCC(=O)N1CCNCC1C(=O)O. The summed E-state index contributed by atoms with van der Waals surface area (Å²) in [6.45, 7) is 4.53. The van der Waals surface area contributed by atoms with Crippen LogP contribution in [0, 0.1) is 0 Å². The Kier molecular flexibility index (Phi) is 5.93. The molecule has 0 aromatic rings. The Labute approximate surface area is 101 Å². The smallest absolute Gasteiger partial charge is 0.327 e. The van der Waals surface area contributed by atoms with E-state index in [4.69, 9.17) is 9.84 Å². The van der Waals surface area contributed by atoms with Crippen molar-refractivity contribution in [3.63, 3.8) is 0 Å². The van der Waals surface area contributed by atoms with Gasteiger partial charge in [-0.25, -0.2) is 4.79 Å².